The van der Waals surface area contributed by atoms with Gasteiger partial charge in [0.2, 0.25) is 0 Å². The highest BCUT2D eigenvalue weighted by Gasteiger charge is 2.10. The van der Waals surface area contributed by atoms with Crippen LogP contribution < -0.4 is 5.48 Å². The van der Waals surface area contributed by atoms with E-state index >= 15 is 0 Å². The summed E-state index contributed by atoms with van der Waals surface area (Å²) in [5.41, 5.74) is 2.04. The van der Waals surface area contributed by atoms with Gasteiger partial charge in [0, 0.05) is 6.20 Å². The number of carboxylic acids is 1. The summed E-state index contributed by atoms with van der Waals surface area (Å²) >= 11 is 5.62. The van der Waals surface area contributed by atoms with Crippen LogP contribution in [-0.4, -0.2) is 28.6 Å². The lowest BCUT2D eigenvalue weighted by Gasteiger charge is -2.04. The first-order valence-electron chi connectivity index (χ1n) is 3.85. The summed E-state index contributed by atoms with van der Waals surface area (Å²) in [7, 11) is 0. The molecule has 80 valence electrons. The van der Waals surface area contributed by atoms with Crippen molar-refractivity contribution < 1.29 is 19.5 Å². The van der Waals surface area contributed by atoms with Crippen molar-refractivity contribution in [1.82, 2.24) is 10.5 Å². The molecule has 1 aromatic rings. The van der Waals surface area contributed by atoms with Gasteiger partial charge in [0.1, 0.15) is 5.15 Å². The molecule has 1 heterocycles. The van der Waals surface area contributed by atoms with E-state index in [-0.39, 0.29) is 10.7 Å². The van der Waals surface area contributed by atoms with Crippen LogP contribution in [-0.2, 0) is 9.63 Å². The van der Waals surface area contributed by atoms with Gasteiger partial charge in [-0.25, -0.2) is 15.3 Å². The molecule has 0 aromatic carbocycles. The van der Waals surface area contributed by atoms with Crippen LogP contribution >= 0.6 is 11.6 Å². The second-order valence-electron chi connectivity index (χ2n) is 2.46. The number of hydroxylamine groups is 1. The Bertz CT molecular complexity index is 383. The number of hydrogen-bond donors (Lipinski definition) is 2. The molecule has 0 atom stereocenters. The molecular formula is C8H7ClN2O4. The predicted molar refractivity (Wildman–Crippen MR) is 50.3 cm³/mol. The molecule has 0 radical (unpaired) electrons. The molecule has 6 nitrogen and oxygen atoms in total. The zero-order chi connectivity index (χ0) is 11.3. The molecule has 0 aliphatic heterocycles. The number of amides is 1. The first-order valence-corrected chi connectivity index (χ1v) is 4.23. The number of carbonyl (C=O) groups is 2. The van der Waals surface area contributed by atoms with Gasteiger partial charge in [0.05, 0.1) is 5.56 Å². The van der Waals surface area contributed by atoms with Crippen molar-refractivity contribution in [2.75, 3.05) is 6.61 Å². The molecule has 0 bridgehead atoms. The van der Waals surface area contributed by atoms with E-state index in [9.17, 15) is 9.59 Å². The average molecular weight is 231 g/mol. The van der Waals surface area contributed by atoms with E-state index in [2.05, 4.69) is 9.82 Å². The molecule has 0 spiro atoms. The zero-order valence-corrected chi connectivity index (χ0v) is 8.19. The molecule has 1 amide bonds. The fraction of sp³-hybridized carbons (Fsp3) is 0.125. The first-order chi connectivity index (χ1) is 7.11. The van der Waals surface area contributed by atoms with E-state index < -0.39 is 18.5 Å². The number of aromatic nitrogens is 1. The van der Waals surface area contributed by atoms with E-state index in [0.717, 1.165) is 0 Å². The van der Waals surface area contributed by atoms with Gasteiger partial charge in [0.15, 0.2) is 6.61 Å². The minimum atomic E-state index is -1.19. The molecule has 0 fully saturated rings. The number of carbonyl (C=O) groups excluding carboxylic acids is 1. The van der Waals surface area contributed by atoms with Crippen LogP contribution in [0.25, 0.3) is 0 Å². The number of nitrogens with one attached hydrogen (secondary N) is 1. The van der Waals surface area contributed by atoms with Crippen LogP contribution in [0.3, 0.4) is 0 Å². The lowest BCUT2D eigenvalue weighted by atomic mass is 10.3. The molecule has 0 unspecified atom stereocenters. The van der Waals surface area contributed by atoms with Gasteiger partial charge in [-0.15, -0.1) is 0 Å². The van der Waals surface area contributed by atoms with Crippen LogP contribution in [0.15, 0.2) is 18.3 Å². The standard InChI is InChI=1S/C8H7ClN2O4/c9-7-5(2-1-3-10-7)8(14)11-15-4-6(12)13/h1-3H,4H2,(H,11,14)(H,12,13). The minimum Gasteiger partial charge on any atom is -0.479 e. The number of rotatable bonds is 4. The monoisotopic (exact) mass is 230 g/mol. The third kappa shape index (κ3) is 3.53. The second-order valence-corrected chi connectivity index (χ2v) is 2.81. The average Bonchev–Trinajstić information content (AvgIpc) is 2.17. The third-order valence-corrected chi connectivity index (χ3v) is 1.67. The topological polar surface area (TPSA) is 88.5 Å². The van der Waals surface area contributed by atoms with Crippen LogP contribution in [0, 0.1) is 0 Å². The number of hydrogen-bond acceptors (Lipinski definition) is 4. The highest BCUT2D eigenvalue weighted by Crippen LogP contribution is 2.10. The second kappa shape index (κ2) is 5.28. The number of nitrogens with zero attached hydrogens (tertiary/aromatic N) is 1. The molecule has 0 saturated carbocycles. The maximum atomic E-state index is 11.3. The van der Waals surface area contributed by atoms with Crippen molar-refractivity contribution in [2.45, 2.75) is 0 Å². The van der Waals surface area contributed by atoms with E-state index in [0.29, 0.717) is 0 Å². The van der Waals surface area contributed by atoms with Gasteiger partial charge >= 0.3 is 5.97 Å². The lowest BCUT2D eigenvalue weighted by molar-refractivity contribution is -0.144. The fourth-order valence-corrected chi connectivity index (χ4v) is 0.979. The molecule has 1 rings (SSSR count). The smallest absolute Gasteiger partial charge is 0.332 e. The summed E-state index contributed by atoms with van der Waals surface area (Å²) in [5, 5.41) is 8.26. The van der Waals surface area contributed by atoms with Gasteiger partial charge in [-0.05, 0) is 12.1 Å². The highest BCUT2D eigenvalue weighted by atomic mass is 35.5. The summed E-state index contributed by atoms with van der Waals surface area (Å²) < 4.78 is 0. The summed E-state index contributed by atoms with van der Waals surface area (Å²) in [6, 6.07) is 2.97. The maximum Gasteiger partial charge on any atom is 0.332 e. The van der Waals surface area contributed by atoms with Gasteiger partial charge < -0.3 is 5.11 Å². The summed E-state index contributed by atoms with van der Waals surface area (Å²) in [5.74, 6) is -1.83. The normalized spacial score (nSPS) is 9.67. The molecular weight excluding hydrogens is 224 g/mol. The van der Waals surface area contributed by atoms with Crippen molar-refractivity contribution in [3.63, 3.8) is 0 Å². The Morgan fingerprint density at radius 3 is 2.93 bits per heavy atom. The van der Waals surface area contributed by atoms with E-state index in [1.54, 1.807) is 0 Å². The van der Waals surface area contributed by atoms with Gasteiger partial charge in [-0.3, -0.25) is 9.63 Å². The number of pyridine rings is 1. The van der Waals surface area contributed by atoms with E-state index in [4.69, 9.17) is 16.7 Å². The minimum absolute atomic E-state index is 0.0222. The van der Waals surface area contributed by atoms with Crippen molar-refractivity contribution in [2.24, 2.45) is 0 Å². The molecule has 7 heteroatoms. The van der Waals surface area contributed by atoms with Gasteiger partial charge in [-0.1, -0.05) is 11.6 Å². The Morgan fingerprint density at radius 1 is 1.60 bits per heavy atom. The largest absolute Gasteiger partial charge is 0.479 e. The summed E-state index contributed by atoms with van der Waals surface area (Å²) in [4.78, 5) is 29.4. The van der Waals surface area contributed by atoms with Crippen LogP contribution in [0.2, 0.25) is 5.15 Å². The SMILES string of the molecule is O=C(O)CONC(=O)c1cccnc1Cl. The summed E-state index contributed by atoms with van der Waals surface area (Å²) in [6.45, 7) is -0.621. The Kier molecular flexibility index (Phi) is 4.02. The van der Waals surface area contributed by atoms with Crippen LogP contribution in [0.4, 0.5) is 0 Å². The van der Waals surface area contributed by atoms with Crippen molar-refractivity contribution in [3.8, 4) is 0 Å². The highest BCUT2D eigenvalue weighted by molar-refractivity contribution is 6.32. The first kappa shape index (κ1) is 11.4. The van der Waals surface area contributed by atoms with Crippen molar-refractivity contribution in [1.29, 1.82) is 0 Å². The predicted octanol–water partition coefficient (Wildman–Crippen LogP) is 0.481. The maximum absolute atomic E-state index is 11.3. The summed E-state index contributed by atoms with van der Waals surface area (Å²) in [6.07, 6.45) is 1.43. The fourth-order valence-electron chi connectivity index (χ4n) is 0.774. The molecule has 0 aliphatic rings. The number of carboxylic acid groups (broad SMARTS) is 1. The molecule has 1 aromatic heterocycles. The van der Waals surface area contributed by atoms with Crippen molar-refractivity contribution >= 4 is 23.5 Å². The quantitative estimate of drug-likeness (QED) is 0.580. The third-order valence-electron chi connectivity index (χ3n) is 1.36. The number of aliphatic carboxylic acids is 1. The van der Waals surface area contributed by atoms with Crippen LogP contribution in [0.1, 0.15) is 10.4 Å². The number of halogens is 1. The van der Waals surface area contributed by atoms with Crippen molar-refractivity contribution in [3.05, 3.63) is 29.0 Å². The Morgan fingerprint density at radius 2 is 2.33 bits per heavy atom. The molecule has 0 saturated heterocycles. The van der Waals surface area contributed by atoms with Crippen LogP contribution in [0.5, 0.6) is 0 Å². The Hall–Kier alpha value is -1.66. The molecule has 2 N–H and O–H groups in total. The zero-order valence-electron chi connectivity index (χ0n) is 7.44. The Balaban J connectivity index is 2.54. The lowest BCUT2D eigenvalue weighted by Crippen LogP contribution is -2.26. The van der Waals surface area contributed by atoms with E-state index in [1.807, 2.05) is 5.48 Å². The molecule has 15 heavy (non-hydrogen) atoms. The van der Waals surface area contributed by atoms with Gasteiger partial charge in [-0.2, -0.15) is 0 Å². The molecule has 0 aliphatic carbocycles. The Labute approximate surface area is 89.8 Å². The van der Waals surface area contributed by atoms with Gasteiger partial charge in [0.25, 0.3) is 5.91 Å². The van der Waals surface area contributed by atoms with E-state index in [1.165, 1.54) is 18.3 Å².